The first-order chi connectivity index (χ1) is 16.2. The molecular formula is C25H25N7O. The number of ether oxygens (including phenoxy) is 1. The fourth-order valence-corrected chi connectivity index (χ4v) is 4.03. The molecule has 0 saturated carbocycles. The summed E-state index contributed by atoms with van der Waals surface area (Å²) in [6.45, 7) is 4.24. The molecule has 2 aromatic carbocycles. The van der Waals surface area contributed by atoms with Crippen molar-refractivity contribution >= 4 is 22.8 Å². The summed E-state index contributed by atoms with van der Waals surface area (Å²) in [5.41, 5.74) is 4.77. The van der Waals surface area contributed by atoms with Crippen molar-refractivity contribution < 1.29 is 4.74 Å². The molecule has 8 nitrogen and oxygen atoms in total. The Morgan fingerprint density at radius 1 is 1.00 bits per heavy atom. The van der Waals surface area contributed by atoms with Crippen molar-refractivity contribution in [1.29, 1.82) is 5.26 Å². The van der Waals surface area contributed by atoms with Gasteiger partial charge in [-0.3, -0.25) is 0 Å². The largest absolute Gasteiger partial charge is 0.478 e. The summed E-state index contributed by atoms with van der Waals surface area (Å²) in [5.74, 6) is 1.15. The average Bonchev–Trinajstić information content (AvgIpc) is 3.27. The van der Waals surface area contributed by atoms with E-state index in [1.54, 1.807) is 6.20 Å². The second kappa shape index (κ2) is 9.18. The Bertz CT molecular complexity index is 1280. The molecule has 0 spiro atoms. The van der Waals surface area contributed by atoms with Crippen molar-refractivity contribution in [1.82, 2.24) is 19.5 Å². The van der Waals surface area contributed by atoms with E-state index < -0.39 is 0 Å². The van der Waals surface area contributed by atoms with E-state index in [9.17, 15) is 0 Å². The summed E-state index contributed by atoms with van der Waals surface area (Å²) >= 11 is 0. The van der Waals surface area contributed by atoms with Crippen LogP contribution in [0.25, 0.3) is 16.8 Å². The zero-order valence-corrected chi connectivity index (χ0v) is 18.5. The summed E-state index contributed by atoms with van der Waals surface area (Å²) < 4.78 is 7.45. The van der Waals surface area contributed by atoms with Crippen LogP contribution in [-0.2, 0) is 0 Å². The lowest BCUT2D eigenvalue weighted by Crippen LogP contribution is -2.44. The van der Waals surface area contributed by atoms with Crippen LogP contribution in [0.1, 0.15) is 0 Å². The Morgan fingerprint density at radius 2 is 1.79 bits per heavy atom. The summed E-state index contributed by atoms with van der Waals surface area (Å²) in [6, 6.07) is 22.0. The molecule has 1 aliphatic rings. The molecule has 0 atom stereocenters. The Labute approximate surface area is 192 Å². The maximum absolute atomic E-state index is 8.89. The van der Waals surface area contributed by atoms with Crippen LogP contribution < -0.4 is 15.0 Å². The number of para-hydroxylation sites is 1. The van der Waals surface area contributed by atoms with Gasteiger partial charge in [0.2, 0.25) is 5.95 Å². The highest BCUT2D eigenvalue weighted by atomic mass is 16.5. The van der Waals surface area contributed by atoms with Crippen molar-refractivity contribution in [3.63, 3.8) is 0 Å². The molecule has 1 aliphatic heterocycles. The van der Waals surface area contributed by atoms with Gasteiger partial charge in [-0.1, -0.05) is 12.1 Å². The first kappa shape index (κ1) is 20.8. The van der Waals surface area contributed by atoms with Gasteiger partial charge in [-0.2, -0.15) is 5.26 Å². The van der Waals surface area contributed by atoms with Crippen molar-refractivity contribution in [2.75, 3.05) is 50.1 Å². The molecule has 33 heavy (non-hydrogen) atoms. The number of aromatic nitrogens is 3. The van der Waals surface area contributed by atoms with Crippen molar-refractivity contribution in [2.24, 2.45) is 0 Å². The maximum atomic E-state index is 8.89. The van der Waals surface area contributed by atoms with Crippen molar-refractivity contribution in [3.05, 3.63) is 66.9 Å². The van der Waals surface area contributed by atoms with E-state index in [0.717, 1.165) is 48.6 Å². The third-order valence-electron chi connectivity index (χ3n) is 5.85. The smallest absolute Gasteiger partial charge is 0.245 e. The van der Waals surface area contributed by atoms with E-state index in [-0.39, 0.29) is 6.61 Å². The highest BCUT2D eigenvalue weighted by Crippen LogP contribution is 2.31. The number of piperazine rings is 1. The molecule has 1 N–H and O–H groups in total. The summed E-state index contributed by atoms with van der Waals surface area (Å²) in [4.78, 5) is 9.23. The van der Waals surface area contributed by atoms with Crippen LogP contribution in [0.15, 0.2) is 66.9 Å². The fourth-order valence-electron chi connectivity index (χ4n) is 4.03. The van der Waals surface area contributed by atoms with E-state index >= 15 is 0 Å². The predicted octanol–water partition coefficient (Wildman–Crippen LogP) is 3.79. The standard InChI is InChI=1S/C25H25N7O/c1-30-13-15-31(16-14-30)20-8-6-19(7-9-20)28-25-27-18-21-10-11-23(32(21)29-25)22-4-2-3-5-24(22)33-17-12-26/h2-11,18H,13-17H2,1H3,(H,28,29). The second-order valence-electron chi connectivity index (χ2n) is 8.04. The lowest BCUT2D eigenvalue weighted by atomic mass is 10.1. The molecule has 4 aromatic rings. The van der Waals surface area contributed by atoms with Crippen LogP contribution in [0, 0.1) is 11.3 Å². The van der Waals surface area contributed by atoms with E-state index in [0.29, 0.717) is 11.7 Å². The van der Waals surface area contributed by atoms with Gasteiger partial charge in [0.05, 0.1) is 17.4 Å². The molecule has 0 amide bonds. The molecule has 0 aliphatic carbocycles. The van der Waals surface area contributed by atoms with Gasteiger partial charge in [0.15, 0.2) is 6.61 Å². The lowest BCUT2D eigenvalue weighted by molar-refractivity contribution is 0.313. The second-order valence-corrected chi connectivity index (χ2v) is 8.04. The highest BCUT2D eigenvalue weighted by Gasteiger charge is 2.15. The van der Waals surface area contributed by atoms with Crippen LogP contribution in [-0.4, -0.2) is 59.3 Å². The number of likely N-dealkylation sites (N-methyl/N-ethyl adjacent to an activating group) is 1. The Hall–Kier alpha value is -4.09. The number of nitrogens with zero attached hydrogens (tertiary/aromatic N) is 6. The van der Waals surface area contributed by atoms with E-state index in [1.807, 2.05) is 47.0 Å². The number of rotatable bonds is 6. The molecule has 1 saturated heterocycles. The average molecular weight is 440 g/mol. The predicted molar refractivity (Wildman–Crippen MR) is 129 cm³/mol. The number of nitrogens with one attached hydrogen (secondary N) is 1. The molecule has 0 bridgehead atoms. The third-order valence-corrected chi connectivity index (χ3v) is 5.85. The van der Waals surface area contributed by atoms with E-state index in [1.165, 1.54) is 5.69 Å². The molecular weight excluding hydrogens is 414 g/mol. The normalized spacial score (nSPS) is 14.2. The highest BCUT2D eigenvalue weighted by molar-refractivity contribution is 5.72. The van der Waals surface area contributed by atoms with E-state index in [2.05, 4.69) is 51.4 Å². The number of fused-ring (bicyclic) bond motifs is 1. The van der Waals surface area contributed by atoms with Crippen molar-refractivity contribution in [2.45, 2.75) is 0 Å². The minimum absolute atomic E-state index is 0.00770. The van der Waals surface area contributed by atoms with Gasteiger partial charge in [-0.15, -0.1) is 5.10 Å². The van der Waals surface area contributed by atoms with Gasteiger partial charge in [-0.05, 0) is 55.6 Å². The number of hydrogen-bond donors (Lipinski definition) is 1. The summed E-state index contributed by atoms with van der Waals surface area (Å²) in [5, 5.41) is 16.9. The van der Waals surface area contributed by atoms with Crippen LogP contribution >= 0.6 is 0 Å². The lowest BCUT2D eigenvalue weighted by Gasteiger charge is -2.34. The first-order valence-corrected chi connectivity index (χ1v) is 11.0. The number of anilines is 3. The zero-order chi connectivity index (χ0) is 22.6. The van der Waals surface area contributed by atoms with Gasteiger partial charge >= 0.3 is 0 Å². The summed E-state index contributed by atoms with van der Waals surface area (Å²) in [7, 11) is 2.16. The van der Waals surface area contributed by atoms with E-state index in [4.69, 9.17) is 15.1 Å². The number of benzene rings is 2. The first-order valence-electron chi connectivity index (χ1n) is 11.0. The topological polar surface area (TPSA) is 81.7 Å². The molecule has 3 heterocycles. The minimum Gasteiger partial charge on any atom is -0.478 e. The van der Waals surface area contributed by atoms with Crippen LogP contribution in [0.3, 0.4) is 0 Å². The maximum Gasteiger partial charge on any atom is 0.245 e. The van der Waals surface area contributed by atoms with Crippen LogP contribution in [0.2, 0.25) is 0 Å². The van der Waals surface area contributed by atoms with Gasteiger partial charge in [0.1, 0.15) is 11.8 Å². The van der Waals surface area contributed by atoms with Crippen molar-refractivity contribution in [3.8, 4) is 23.1 Å². The Morgan fingerprint density at radius 3 is 2.58 bits per heavy atom. The SMILES string of the molecule is CN1CCN(c2ccc(Nc3ncc4ccc(-c5ccccc5OCC#N)n4n3)cc2)CC1. The minimum atomic E-state index is -0.00770. The van der Waals surface area contributed by atoms with Crippen LogP contribution in [0.5, 0.6) is 5.75 Å². The molecule has 0 radical (unpaired) electrons. The molecule has 0 unspecified atom stereocenters. The number of hydrogen-bond acceptors (Lipinski definition) is 7. The van der Waals surface area contributed by atoms with Gasteiger partial charge in [0.25, 0.3) is 0 Å². The molecule has 1 fully saturated rings. The molecule has 2 aromatic heterocycles. The molecule has 8 heteroatoms. The molecule has 166 valence electrons. The Kier molecular flexibility index (Phi) is 5.79. The van der Waals surface area contributed by atoms with Crippen LogP contribution in [0.4, 0.5) is 17.3 Å². The van der Waals surface area contributed by atoms with Gasteiger partial charge in [0, 0.05) is 43.1 Å². The Balaban J connectivity index is 1.38. The summed E-state index contributed by atoms with van der Waals surface area (Å²) in [6.07, 6.45) is 1.79. The zero-order valence-electron chi connectivity index (χ0n) is 18.5. The fraction of sp³-hybridized carbons (Fsp3) is 0.240. The monoisotopic (exact) mass is 439 g/mol. The third kappa shape index (κ3) is 4.45. The van der Waals surface area contributed by atoms with Gasteiger partial charge < -0.3 is 19.9 Å². The van der Waals surface area contributed by atoms with Gasteiger partial charge in [-0.25, -0.2) is 9.50 Å². The molecule has 5 rings (SSSR count). The number of nitriles is 1. The quantitative estimate of drug-likeness (QED) is 0.489.